The molecule has 0 N–H and O–H groups in total. The number of pyridine rings is 1. The fraction of sp³-hybridized carbons (Fsp3) is 0.160. The summed E-state index contributed by atoms with van der Waals surface area (Å²) in [6, 6.07) is 22.8. The monoisotopic (exact) mass is 412 g/mol. The van der Waals surface area contributed by atoms with Crippen LogP contribution in [0.2, 0.25) is 0 Å². The van der Waals surface area contributed by atoms with Crippen LogP contribution >= 0.6 is 0 Å². The number of ether oxygens (including phenoxy) is 1. The third-order valence-corrected chi connectivity index (χ3v) is 5.14. The normalized spacial score (nSPS) is 10.7. The summed E-state index contributed by atoms with van der Waals surface area (Å²) in [7, 11) is 1.78. The van der Waals surface area contributed by atoms with Gasteiger partial charge < -0.3 is 9.64 Å². The van der Waals surface area contributed by atoms with Crippen LogP contribution in [0.15, 0.2) is 79.0 Å². The van der Waals surface area contributed by atoms with Gasteiger partial charge in [0.1, 0.15) is 11.3 Å². The average Bonchev–Trinajstić information content (AvgIpc) is 3.08. The zero-order valence-electron chi connectivity index (χ0n) is 17.8. The summed E-state index contributed by atoms with van der Waals surface area (Å²) in [6.07, 6.45) is 1.62. The predicted molar refractivity (Wildman–Crippen MR) is 120 cm³/mol. The van der Waals surface area contributed by atoms with Gasteiger partial charge in [0.25, 0.3) is 5.91 Å². The summed E-state index contributed by atoms with van der Waals surface area (Å²) in [4.78, 5) is 19.2. The zero-order valence-corrected chi connectivity index (χ0v) is 17.8. The maximum absolute atomic E-state index is 13.2. The first kappa shape index (κ1) is 20.3. The third-order valence-electron chi connectivity index (χ3n) is 5.14. The molecular formula is C25H24N4O2. The summed E-state index contributed by atoms with van der Waals surface area (Å²) >= 11 is 0. The van der Waals surface area contributed by atoms with Crippen molar-refractivity contribution in [2.24, 2.45) is 0 Å². The minimum absolute atomic E-state index is 0.162. The fourth-order valence-corrected chi connectivity index (χ4v) is 3.47. The molecule has 156 valence electrons. The lowest BCUT2D eigenvalue weighted by Gasteiger charge is -2.19. The molecule has 6 heteroatoms. The van der Waals surface area contributed by atoms with Crippen molar-refractivity contribution in [1.82, 2.24) is 19.7 Å². The molecule has 0 aliphatic carbocycles. The number of nitrogens with zero attached hydrogens (tertiary/aromatic N) is 4. The van der Waals surface area contributed by atoms with Gasteiger partial charge in [-0.1, -0.05) is 36.4 Å². The Labute approximate surface area is 181 Å². The summed E-state index contributed by atoms with van der Waals surface area (Å²) in [5, 5.41) is 4.68. The Kier molecular flexibility index (Phi) is 5.80. The summed E-state index contributed by atoms with van der Waals surface area (Å²) in [6.45, 7) is 4.42. The standard InChI is InChI=1S/C25H24N4O2/c1-18-23(19(2)29(27-18)20-11-6-4-7-12-20)17-28(3)25(30)22-15-10-16-26-24(22)31-21-13-8-5-9-14-21/h4-16H,17H2,1-3H3. The molecule has 0 spiro atoms. The lowest BCUT2D eigenvalue weighted by Crippen LogP contribution is -2.27. The van der Waals surface area contributed by atoms with Gasteiger partial charge in [0, 0.05) is 31.0 Å². The first-order chi connectivity index (χ1) is 15.0. The Balaban J connectivity index is 1.57. The van der Waals surface area contributed by atoms with Crippen LogP contribution < -0.4 is 4.74 Å². The number of rotatable bonds is 6. The molecule has 1 amide bonds. The lowest BCUT2D eigenvalue weighted by molar-refractivity contribution is 0.0781. The summed E-state index contributed by atoms with van der Waals surface area (Å²) < 4.78 is 7.78. The first-order valence-corrected chi connectivity index (χ1v) is 10.1. The van der Waals surface area contributed by atoms with Gasteiger partial charge in [-0.05, 0) is 50.2 Å². The Bertz CT molecular complexity index is 1190. The van der Waals surface area contributed by atoms with Crippen LogP contribution in [-0.4, -0.2) is 32.6 Å². The molecule has 0 unspecified atom stereocenters. The molecule has 0 fully saturated rings. The second kappa shape index (κ2) is 8.83. The Morgan fingerprint density at radius 3 is 2.35 bits per heavy atom. The molecule has 2 aromatic carbocycles. The lowest BCUT2D eigenvalue weighted by atomic mass is 10.1. The molecule has 4 rings (SSSR count). The quantitative estimate of drug-likeness (QED) is 0.450. The van der Waals surface area contributed by atoms with E-state index in [0.717, 1.165) is 22.6 Å². The number of carbonyl (C=O) groups is 1. The zero-order chi connectivity index (χ0) is 21.8. The highest BCUT2D eigenvalue weighted by Gasteiger charge is 2.21. The molecule has 0 saturated carbocycles. The van der Waals surface area contributed by atoms with Crippen LogP contribution in [0.25, 0.3) is 5.69 Å². The van der Waals surface area contributed by atoms with Crippen molar-refractivity contribution in [1.29, 1.82) is 0 Å². The van der Waals surface area contributed by atoms with Gasteiger partial charge in [0.05, 0.1) is 11.4 Å². The highest BCUT2D eigenvalue weighted by molar-refractivity contribution is 5.96. The van der Waals surface area contributed by atoms with Gasteiger partial charge in [0.2, 0.25) is 5.88 Å². The smallest absolute Gasteiger partial charge is 0.259 e. The van der Waals surface area contributed by atoms with E-state index in [9.17, 15) is 4.79 Å². The first-order valence-electron chi connectivity index (χ1n) is 10.1. The Morgan fingerprint density at radius 1 is 0.968 bits per heavy atom. The molecule has 0 aliphatic rings. The number of hydrogen-bond donors (Lipinski definition) is 0. The van der Waals surface area contributed by atoms with Gasteiger partial charge in [0.15, 0.2) is 0 Å². The van der Waals surface area contributed by atoms with Gasteiger partial charge in [-0.25, -0.2) is 9.67 Å². The van der Waals surface area contributed by atoms with Gasteiger partial charge in [-0.2, -0.15) is 5.10 Å². The van der Waals surface area contributed by atoms with E-state index in [1.54, 1.807) is 30.3 Å². The van der Waals surface area contributed by atoms with Crippen LogP contribution in [-0.2, 0) is 6.54 Å². The minimum Gasteiger partial charge on any atom is -0.438 e. The molecule has 31 heavy (non-hydrogen) atoms. The molecule has 0 radical (unpaired) electrons. The Hall–Kier alpha value is -3.93. The maximum atomic E-state index is 13.2. The van der Waals surface area contributed by atoms with Gasteiger partial charge in [-0.15, -0.1) is 0 Å². The maximum Gasteiger partial charge on any atom is 0.259 e. The second-order valence-electron chi connectivity index (χ2n) is 7.33. The highest BCUT2D eigenvalue weighted by atomic mass is 16.5. The molecule has 0 aliphatic heterocycles. The molecule has 2 heterocycles. The highest BCUT2D eigenvalue weighted by Crippen LogP contribution is 2.25. The van der Waals surface area contributed by atoms with Gasteiger partial charge >= 0.3 is 0 Å². The molecule has 2 aromatic heterocycles. The van der Waals surface area contributed by atoms with Crippen molar-refractivity contribution in [3.8, 4) is 17.3 Å². The van der Waals surface area contributed by atoms with Crippen LogP contribution in [0.1, 0.15) is 27.3 Å². The summed E-state index contributed by atoms with van der Waals surface area (Å²) in [5.41, 5.74) is 4.34. The van der Waals surface area contributed by atoms with E-state index in [4.69, 9.17) is 4.74 Å². The van der Waals surface area contributed by atoms with Crippen molar-refractivity contribution in [3.63, 3.8) is 0 Å². The number of aryl methyl sites for hydroxylation is 1. The van der Waals surface area contributed by atoms with E-state index in [-0.39, 0.29) is 5.91 Å². The largest absolute Gasteiger partial charge is 0.438 e. The van der Waals surface area contributed by atoms with E-state index in [0.29, 0.717) is 23.7 Å². The van der Waals surface area contributed by atoms with Crippen LogP contribution in [0, 0.1) is 13.8 Å². The van der Waals surface area contributed by atoms with Crippen LogP contribution in [0.4, 0.5) is 0 Å². The predicted octanol–water partition coefficient (Wildman–Crippen LogP) is 4.95. The van der Waals surface area contributed by atoms with Crippen molar-refractivity contribution in [2.45, 2.75) is 20.4 Å². The minimum atomic E-state index is -0.162. The van der Waals surface area contributed by atoms with E-state index in [2.05, 4.69) is 10.1 Å². The number of hydrogen-bond acceptors (Lipinski definition) is 4. The van der Waals surface area contributed by atoms with E-state index < -0.39 is 0 Å². The molecule has 0 atom stereocenters. The summed E-state index contributed by atoms with van der Waals surface area (Å²) in [5.74, 6) is 0.762. The fourth-order valence-electron chi connectivity index (χ4n) is 3.47. The molecule has 0 bridgehead atoms. The number of benzene rings is 2. The molecular weight excluding hydrogens is 388 g/mol. The number of carbonyl (C=O) groups excluding carboxylic acids is 1. The van der Waals surface area contributed by atoms with Crippen molar-refractivity contribution < 1.29 is 9.53 Å². The molecule has 0 saturated heterocycles. The van der Waals surface area contributed by atoms with Crippen molar-refractivity contribution in [3.05, 3.63) is 102 Å². The number of para-hydroxylation sites is 2. The van der Waals surface area contributed by atoms with Crippen LogP contribution in [0.5, 0.6) is 11.6 Å². The van der Waals surface area contributed by atoms with Crippen LogP contribution in [0.3, 0.4) is 0 Å². The number of aromatic nitrogens is 3. The van der Waals surface area contributed by atoms with E-state index in [1.165, 1.54) is 0 Å². The average molecular weight is 412 g/mol. The number of amides is 1. The third kappa shape index (κ3) is 4.33. The molecule has 4 aromatic rings. The Morgan fingerprint density at radius 2 is 1.65 bits per heavy atom. The van der Waals surface area contributed by atoms with Gasteiger partial charge in [-0.3, -0.25) is 4.79 Å². The van der Waals surface area contributed by atoms with E-state index >= 15 is 0 Å². The van der Waals surface area contributed by atoms with E-state index in [1.807, 2.05) is 79.2 Å². The molecule has 6 nitrogen and oxygen atoms in total. The second-order valence-corrected chi connectivity index (χ2v) is 7.33. The van der Waals surface area contributed by atoms with Crippen molar-refractivity contribution >= 4 is 5.91 Å². The SMILES string of the molecule is Cc1nn(-c2ccccc2)c(C)c1CN(C)C(=O)c1cccnc1Oc1ccccc1. The van der Waals surface area contributed by atoms with Crippen molar-refractivity contribution in [2.75, 3.05) is 7.05 Å². The topological polar surface area (TPSA) is 60.2 Å².